The number of nitrogens with zero attached hydrogens (tertiary/aromatic N) is 2. The summed E-state index contributed by atoms with van der Waals surface area (Å²) in [7, 11) is 3.12. The van der Waals surface area contributed by atoms with E-state index in [-0.39, 0.29) is 23.7 Å². The Balaban J connectivity index is 1.59. The van der Waals surface area contributed by atoms with Gasteiger partial charge >= 0.3 is 5.97 Å². The Morgan fingerprint density at radius 1 is 1.21 bits per heavy atom. The van der Waals surface area contributed by atoms with Gasteiger partial charge in [0.15, 0.2) is 0 Å². The van der Waals surface area contributed by atoms with Crippen LogP contribution in [0, 0.1) is 5.92 Å². The molecule has 0 unspecified atom stereocenters. The number of carbonyl (C=O) groups is 3. The average molecular weight is 401 g/mol. The van der Waals surface area contributed by atoms with Crippen LogP contribution >= 0.6 is 11.3 Å². The molecule has 7 heteroatoms. The van der Waals surface area contributed by atoms with Gasteiger partial charge in [0.1, 0.15) is 0 Å². The summed E-state index contributed by atoms with van der Waals surface area (Å²) in [6.45, 7) is 1.61. The number of amides is 2. The maximum atomic E-state index is 12.9. The second-order valence-corrected chi connectivity index (χ2v) is 7.90. The van der Waals surface area contributed by atoms with Crippen LogP contribution in [-0.4, -0.2) is 54.8 Å². The van der Waals surface area contributed by atoms with Crippen molar-refractivity contribution in [3.05, 3.63) is 57.8 Å². The number of benzene rings is 1. The normalized spacial score (nSPS) is 16.5. The molecular weight excluding hydrogens is 376 g/mol. The predicted octanol–water partition coefficient (Wildman–Crippen LogP) is 3.05. The minimum Gasteiger partial charge on any atom is -0.465 e. The SMILES string of the molecule is COC(=O)c1ccc(CN(C)C(=O)[C@H]2CCCN(C(=O)c3cccs3)C2)cc1. The molecule has 148 valence electrons. The number of rotatable bonds is 5. The molecule has 0 saturated carbocycles. The third kappa shape index (κ3) is 4.59. The van der Waals surface area contributed by atoms with Gasteiger partial charge in [-0.2, -0.15) is 0 Å². The lowest BCUT2D eigenvalue weighted by atomic mass is 9.96. The Kier molecular flexibility index (Phi) is 6.46. The number of thiophene rings is 1. The molecule has 0 aliphatic carbocycles. The van der Waals surface area contributed by atoms with Crippen molar-refractivity contribution in [2.45, 2.75) is 19.4 Å². The standard InChI is InChI=1S/C21H24N2O4S/c1-22(13-15-7-9-16(10-8-15)21(26)27-2)19(24)17-5-3-11-23(14-17)20(25)18-6-4-12-28-18/h4,6-10,12,17H,3,5,11,13-14H2,1-2H3/t17-/m0/s1. The van der Waals surface area contributed by atoms with Gasteiger partial charge in [-0.25, -0.2) is 4.79 Å². The number of hydrogen-bond donors (Lipinski definition) is 0. The van der Waals surface area contributed by atoms with Gasteiger partial charge in [-0.05, 0) is 42.0 Å². The molecule has 2 aromatic rings. The van der Waals surface area contributed by atoms with Crippen molar-refractivity contribution < 1.29 is 19.1 Å². The minimum absolute atomic E-state index is 0.00792. The van der Waals surface area contributed by atoms with Gasteiger partial charge in [-0.15, -0.1) is 11.3 Å². The maximum Gasteiger partial charge on any atom is 0.337 e. The fourth-order valence-electron chi connectivity index (χ4n) is 3.45. The highest BCUT2D eigenvalue weighted by atomic mass is 32.1. The van der Waals surface area contributed by atoms with E-state index in [1.165, 1.54) is 18.4 Å². The summed E-state index contributed by atoms with van der Waals surface area (Å²) in [6.07, 6.45) is 1.62. The Morgan fingerprint density at radius 2 is 1.96 bits per heavy atom. The summed E-state index contributed by atoms with van der Waals surface area (Å²) >= 11 is 1.43. The Hall–Kier alpha value is -2.67. The molecule has 1 fully saturated rings. The lowest BCUT2D eigenvalue weighted by molar-refractivity contribution is -0.136. The van der Waals surface area contributed by atoms with Gasteiger partial charge in [0.05, 0.1) is 23.5 Å². The molecule has 1 aromatic carbocycles. The van der Waals surface area contributed by atoms with Crippen LogP contribution in [0.15, 0.2) is 41.8 Å². The lowest BCUT2D eigenvalue weighted by Crippen LogP contribution is -2.45. The van der Waals surface area contributed by atoms with Crippen molar-refractivity contribution in [2.24, 2.45) is 5.92 Å². The van der Waals surface area contributed by atoms with Gasteiger partial charge in [-0.3, -0.25) is 9.59 Å². The highest BCUT2D eigenvalue weighted by Gasteiger charge is 2.30. The van der Waals surface area contributed by atoms with Crippen molar-refractivity contribution in [1.29, 1.82) is 0 Å². The molecule has 2 heterocycles. The molecular formula is C21H24N2O4S. The first kappa shape index (κ1) is 20.1. The van der Waals surface area contributed by atoms with E-state index in [1.807, 2.05) is 29.6 Å². The van der Waals surface area contributed by atoms with Crippen LogP contribution in [0.3, 0.4) is 0 Å². The number of esters is 1. The first-order chi connectivity index (χ1) is 13.5. The van der Waals surface area contributed by atoms with E-state index in [2.05, 4.69) is 0 Å². The van der Waals surface area contributed by atoms with Crippen LogP contribution in [0.5, 0.6) is 0 Å². The molecule has 1 aromatic heterocycles. The van der Waals surface area contributed by atoms with Crippen LogP contribution in [0.25, 0.3) is 0 Å². The molecule has 0 spiro atoms. The molecule has 3 rings (SSSR count). The number of carbonyl (C=O) groups excluding carboxylic acids is 3. The Bertz CT molecular complexity index is 833. The van der Waals surface area contributed by atoms with E-state index < -0.39 is 0 Å². The van der Waals surface area contributed by atoms with Crippen molar-refractivity contribution >= 4 is 29.1 Å². The zero-order chi connectivity index (χ0) is 20.1. The molecule has 2 amide bonds. The van der Waals surface area contributed by atoms with Crippen molar-refractivity contribution in [2.75, 3.05) is 27.2 Å². The van der Waals surface area contributed by atoms with E-state index >= 15 is 0 Å². The van der Waals surface area contributed by atoms with E-state index in [0.717, 1.165) is 18.4 Å². The topological polar surface area (TPSA) is 66.9 Å². The molecule has 0 radical (unpaired) electrons. The summed E-state index contributed by atoms with van der Waals surface area (Å²) in [5.41, 5.74) is 1.42. The van der Waals surface area contributed by atoms with Crippen LogP contribution in [-0.2, 0) is 16.1 Å². The summed E-state index contributed by atoms with van der Waals surface area (Å²) in [6, 6.07) is 10.7. The van der Waals surface area contributed by atoms with Crippen molar-refractivity contribution in [1.82, 2.24) is 9.80 Å². The second-order valence-electron chi connectivity index (χ2n) is 6.95. The minimum atomic E-state index is -0.381. The highest BCUT2D eigenvalue weighted by Crippen LogP contribution is 2.22. The monoisotopic (exact) mass is 400 g/mol. The Morgan fingerprint density at radius 3 is 2.61 bits per heavy atom. The average Bonchev–Trinajstić information content (AvgIpc) is 3.27. The van der Waals surface area contributed by atoms with Gasteiger partial charge in [0, 0.05) is 26.7 Å². The number of likely N-dealkylation sites (tertiary alicyclic amines) is 1. The lowest BCUT2D eigenvalue weighted by Gasteiger charge is -2.33. The van der Waals surface area contributed by atoms with Gasteiger partial charge in [0.2, 0.25) is 5.91 Å². The smallest absolute Gasteiger partial charge is 0.337 e. The predicted molar refractivity (Wildman–Crippen MR) is 107 cm³/mol. The number of methoxy groups -OCH3 is 1. The number of hydrogen-bond acceptors (Lipinski definition) is 5. The number of piperidine rings is 1. The Labute approximate surface area is 168 Å². The van der Waals surface area contributed by atoms with E-state index in [4.69, 9.17) is 4.74 Å². The van der Waals surface area contributed by atoms with Gasteiger partial charge in [-0.1, -0.05) is 18.2 Å². The van der Waals surface area contributed by atoms with E-state index in [9.17, 15) is 14.4 Å². The van der Waals surface area contributed by atoms with Crippen molar-refractivity contribution in [3.8, 4) is 0 Å². The summed E-state index contributed by atoms with van der Waals surface area (Å²) in [4.78, 5) is 41.2. The van der Waals surface area contributed by atoms with E-state index in [1.54, 1.807) is 29.0 Å². The highest BCUT2D eigenvalue weighted by molar-refractivity contribution is 7.12. The van der Waals surface area contributed by atoms with Gasteiger partial charge in [0.25, 0.3) is 5.91 Å². The van der Waals surface area contributed by atoms with E-state index in [0.29, 0.717) is 30.1 Å². The first-order valence-electron chi connectivity index (χ1n) is 9.24. The third-order valence-corrected chi connectivity index (χ3v) is 5.82. The molecule has 1 aliphatic heterocycles. The molecule has 28 heavy (non-hydrogen) atoms. The zero-order valence-corrected chi connectivity index (χ0v) is 16.9. The van der Waals surface area contributed by atoms with Crippen LogP contribution in [0.2, 0.25) is 0 Å². The summed E-state index contributed by atoms with van der Waals surface area (Å²) in [5.74, 6) is -0.514. The quantitative estimate of drug-likeness (QED) is 0.724. The molecule has 1 atom stereocenters. The van der Waals surface area contributed by atoms with Crippen LogP contribution in [0.1, 0.15) is 38.4 Å². The molecule has 0 bridgehead atoms. The summed E-state index contributed by atoms with van der Waals surface area (Å²) < 4.78 is 4.70. The maximum absolute atomic E-state index is 12.9. The third-order valence-electron chi connectivity index (χ3n) is 4.96. The second kappa shape index (κ2) is 9.01. The molecule has 1 aliphatic rings. The molecule has 1 saturated heterocycles. The zero-order valence-electron chi connectivity index (χ0n) is 16.1. The van der Waals surface area contributed by atoms with Crippen molar-refractivity contribution in [3.63, 3.8) is 0 Å². The number of ether oxygens (including phenoxy) is 1. The van der Waals surface area contributed by atoms with Gasteiger partial charge < -0.3 is 14.5 Å². The fourth-order valence-corrected chi connectivity index (χ4v) is 4.14. The van der Waals surface area contributed by atoms with Crippen LogP contribution in [0.4, 0.5) is 0 Å². The largest absolute Gasteiger partial charge is 0.465 e. The van der Waals surface area contributed by atoms with Crippen LogP contribution < -0.4 is 0 Å². The first-order valence-corrected chi connectivity index (χ1v) is 10.1. The summed E-state index contributed by atoms with van der Waals surface area (Å²) in [5, 5.41) is 1.89. The molecule has 6 nitrogen and oxygen atoms in total. The fraction of sp³-hybridized carbons (Fsp3) is 0.381. The molecule has 0 N–H and O–H groups in total.